The molecule has 0 bridgehead atoms. The minimum Gasteiger partial charge on any atom is -0.489 e. The highest BCUT2D eigenvalue weighted by molar-refractivity contribution is 7.92. The molecule has 2 fully saturated rings. The quantitative estimate of drug-likeness (QED) is 0.784. The van der Waals surface area contributed by atoms with E-state index in [9.17, 15) is 8.42 Å². The van der Waals surface area contributed by atoms with Gasteiger partial charge in [0.2, 0.25) is 10.0 Å². The maximum Gasteiger partial charge on any atom is 0.229 e. The van der Waals surface area contributed by atoms with Crippen LogP contribution < -0.4 is 9.46 Å². The van der Waals surface area contributed by atoms with E-state index < -0.39 is 10.0 Å². The van der Waals surface area contributed by atoms with Gasteiger partial charge >= 0.3 is 0 Å². The van der Waals surface area contributed by atoms with Gasteiger partial charge < -0.3 is 4.74 Å². The highest BCUT2D eigenvalue weighted by Gasteiger charge is 2.35. The fourth-order valence-corrected chi connectivity index (χ4v) is 5.06. The van der Waals surface area contributed by atoms with Gasteiger partial charge in [-0.05, 0) is 67.6 Å². The van der Waals surface area contributed by atoms with E-state index in [2.05, 4.69) is 21.8 Å². The SMILES string of the molecule is CS(=O)(=O)Nc1cccc(COc2ccc(C3CCC4CCCCN43)cc2)c1. The first-order chi connectivity index (χ1) is 13.5. The molecule has 150 valence electrons. The Morgan fingerprint density at radius 1 is 1.07 bits per heavy atom. The highest BCUT2D eigenvalue weighted by atomic mass is 32.2. The molecule has 0 spiro atoms. The number of ether oxygens (including phenoxy) is 1. The Labute approximate surface area is 167 Å². The second kappa shape index (κ2) is 8.13. The van der Waals surface area contributed by atoms with Crippen LogP contribution in [0, 0.1) is 0 Å². The van der Waals surface area contributed by atoms with Gasteiger partial charge in [-0.25, -0.2) is 8.42 Å². The van der Waals surface area contributed by atoms with E-state index >= 15 is 0 Å². The third-order valence-electron chi connectivity index (χ3n) is 5.75. The van der Waals surface area contributed by atoms with Crippen molar-refractivity contribution in [3.63, 3.8) is 0 Å². The highest BCUT2D eigenvalue weighted by Crippen LogP contribution is 2.40. The minimum absolute atomic E-state index is 0.399. The van der Waals surface area contributed by atoms with Crippen LogP contribution in [0.5, 0.6) is 5.75 Å². The standard InChI is InChI=1S/C22H28N2O3S/c1-28(25,26)23-19-6-4-5-17(15-19)16-27-21-11-8-18(9-12-21)22-13-10-20-7-2-3-14-24(20)22/h4-6,8-9,11-12,15,20,22-23H,2-3,7,10,13-14,16H2,1H3. The number of nitrogens with one attached hydrogen (secondary N) is 1. The third kappa shape index (κ3) is 4.67. The summed E-state index contributed by atoms with van der Waals surface area (Å²) in [5.74, 6) is 0.832. The Morgan fingerprint density at radius 2 is 1.89 bits per heavy atom. The summed E-state index contributed by atoms with van der Waals surface area (Å²) in [6.07, 6.45) is 7.77. The van der Waals surface area contributed by atoms with E-state index in [4.69, 9.17) is 4.74 Å². The van der Waals surface area contributed by atoms with Crippen LogP contribution in [0.1, 0.15) is 49.3 Å². The Balaban J connectivity index is 1.37. The monoisotopic (exact) mass is 400 g/mol. The van der Waals surface area contributed by atoms with E-state index in [1.807, 2.05) is 24.3 Å². The smallest absolute Gasteiger partial charge is 0.229 e. The van der Waals surface area contributed by atoms with E-state index in [-0.39, 0.29) is 0 Å². The molecule has 2 aromatic rings. The van der Waals surface area contributed by atoms with Crippen molar-refractivity contribution in [3.8, 4) is 5.75 Å². The summed E-state index contributed by atoms with van der Waals surface area (Å²) in [4.78, 5) is 2.69. The number of piperidine rings is 1. The molecule has 4 rings (SSSR count). The Kier molecular flexibility index (Phi) is 5.60. The fraction of sp³-hybridized carbons (Fsp3) is 0.455. The first-order valence-electron chi connectivity index (χ1n) is 10.0. The molecule has 2 saturated heterocycles. The molecule has 0 aromatic heterocycles. The molecule has 2 aromatic carbocycles. The minimum atomic E-state index is -3.28. The van der Waals surface area contributed by atoms with Crippen molar-refractivity contribution in [1.29, 1.82) is 0 Å². The second-order valence-corrected chi connectivity index (χ2v) is 9.66. The maximum absolute atomic E-state index is 11.4. The van der Waals surface area contributed by atoms with E-state index in [0.717, 1.165) is 23.6 Å². The van der Waals surface area contributed by atoms with Crippen LogP contribution in [0.3, 0.4) is 0 Å². The number of benzene rings is 2. The molecule has 28 heavy (non-hydrogen) atoms. The molecule has 0 aliphatic carbocycles. The Morgan fingerprint density at radius 3 is 2.68 bits per heavy atom. The third-order valence-corrected chi connectivity index (χ3v) is 6.35. The van der Waals surface area contributed by atoms with Gasteiger partial charge in [0.1, 0.15) is 12.4 Å². The van der Waals surface area contributed by atoms with Gasteiger partial charge in [-0.1, -0.05) is 30.7 Å². The van der Waals surface area contributed by atoms with Gasteiger partial charge in [0, 0.05) is 17.8 Å². The zero-order chi connectivity index (χ0) is 19.6. The molecule has 5 nitrogen and oxygen atoms in total. The molecular formula is C22H28N2O3S. The van der Waals surface area contributed by atoms with Crippen LogP contribution >= 0.6 is 0 Å². The number of anilines is 1. The van der Waals surface area contributed by atoms with Crippen LogP contribution in [0.2, 0.25) is 0 Å². The maximum atomic E-state index is 11.4. The summed E-state index contributed by atoms with van der Waals surface area (Å²) in [7, 11) is -3.28. The summed E-state index contributed by atoms with van der Waals surface area (Å²) in [5, 5.41) is 0. The molecular weight excluding hydrogens is 372 g/mol. The lowest BCUT2D eigenvalue weighted by Gasteiger charge is -2.34. The molecule has 2 aliphatic rings. The second-order valence-electron chi connectivity index (χ2n) is 7.91. The number of fused-ring (bicyclic) bond motifs is 1. The van der Waals surface area contributed by atoms with E-state index in [1.54, 1.807) is 12.1 Å². The zero-order valence-corrected chi connectivity index (χ0v) is 17.1. The largest absolute Gasteiger partial charge is 0.489 e. The molecule has 2 heterocycles. The predicted molar refractivity (Wildman–Crippen MR) is 112 cm³/mol. The van der Waals surface area contributed by atoms with Gasteiger partial charge in [0.05, 0.1) is 6.26 Å². The van der Waals surface area contributed by atoms with Gasteiger partial charge in [-0.2, -0.15) is 0 Å². The van der Waals surface area contributed by atoms with Crippen LogP contribution in [0.25, 0.3) is 0 Å². The first-order valence-corrected chi connectivity index (χ1v) is 11.9. The topological polar surface area (TPSA) is 58.6 Å². The van der Waals surface area contributed by atoms with Gasteiger partial charge in [0.15, 0.2) is 0 Å². The molecule has 0 amide bonds. The number of hydrogen-bond acceptors (Lipinski definition) is 4. The molecule has 2 unspecified atom stereocenters. The van der Waals surface area contributed by atoms with Crippen LogP contribution in [-0.2, 0) is 16.6 Å². The molecule has 1 N–H and O–H groups in total. The van der Waals surface area contributed by atoms with Crippen molar-refractivity contribution >= 4 is 15.7 Å². The van der Waals surface area contributed by atoms with Crippen molar-refractivity contribution in [3.05, 3.63) is 59.7 Å². The average molecular weight is 401 g/mol. The number of sulfonamides is 1. The Hall–Kier alpha value is -2.05. The number of rotatable bonds is 6. The summed E-state index contributed by atoms with van der Waals surface area (Å²) in [6.45, 7) is 1.63. The molecule has 2 aliphatic heterocycles. The van der Waals surface area contributed by atoms with Crippen LogP contribution in [-0.4, -0.2) is 32.2 Å². The molecule has 6 heteroatoms. The van der Waals surface area contributed by atoms with Crippen LogP contribution in [0.15, 0.2) is 48.5 Å². The van der Waals surface area contributed by atoms with Gasteiger partial charge in [-0.15, -0.1) is 0 Å². The van der Waals surface area contributed by atoms with Crippen molar-refractivity contribution < 1.29 is 13.2 Å². The van der Waals surface area contributed by atoms with Crippen molar-refractivity contribution in [2.75, 3.05) is 17.5 Å². The molecule has 2 atom stereocenters. The lowest BCUT2D eigenvalue weighted by atomic mass is 10.0. The molecule has 0 saturated carbocycles. The number of hydrogen-bond donors (Lipinski definition) is 1. The van der Waals surface area contributed by atoms with Crippen molar-refractivity contribution in [1.82, 2.24) is 4.90 Å². The predicted octanol–water partition coefficient (Wildman–Crippen LogP) is 4.33. The van der Waals surface area contributed by atoms with Gasteiger partial charge in [-0.3, -0.25) is 9.62 Å². The van der Waals surface area contributed by atoms with Crippen molar-refractivity contribution in [2.45, 2.75) is 50.8 Å². The normalized spacial score (nSPS) is 22.6. The lowest BCUT2D eigenvalue weighted by Crippen LogP contribution is -2.35. The number of nitrogens with zero attached hydrogens (tertiary/aromatic N) is 1. The summed E-state index contributed by atoms with van der Waals surface area (Å²) in [6, 6.07) is 17.1. The van der Waals surface area contributed by atoms with E-state index in [1.165, 1.54) is 44.2 Å². The lowest BCUT2D eigenvalue weighted by molar-refractivity contribution is 0.150. The first kappa shape index (κ1) is 19.3. The zero-order valence-electron chi connectivity index (χ0n) is 16.3. The summed E-state index contributed by atoms with van der Waals surface area (Å²) in [5.41, 5.74) is 2.86. The Bertz CT molecular complexity index is 912. The fourth-order valence-electron chi connectivity index (χ4n) is 4.51. The van der Waals surface area contributed by atoms with E-state index in [0.29, 0.717) is 18.3 Å². The summed E-state index contributed by atoms with van der Waals surface area (Å²) >= 11 is 0. The van der Waals surface area contributed by atoms with Gasteiger partial charge in [0.25, 0.3) is 0 Å². The van der Waals surface area contributed by atoms with Crippen LogP contribution in [0.4, 0.5) is 5.69 Å². The van der Waals surface area contributed by atoms with Crippen molar-refractivity contribution in [2.24, 2.45) is 0 Å². The molecule has 0 radical (unpaired) electrons. The summed E-state index contributed by atoms with van der Waals surface area (Å²) < 4.78 is 31.2. The average Bonchev–Trinajstić information content (AvgIpc) is 3.10.